The number of alkyl halides is 3. The monoisotopic (exact) mass is 404 g/mol. The summed E-state index contributed by atoms with van der Waals surface area (Å²) in [6.45, 7) is 3.82. The van der Waals surface area contributed by atoms with E-state index < -0.39 is 12.5 Å². The van der Waals surface area contributed by atoms with Crippen LogP contribution in [0.3, 0.4) is 0 Å². The molecule has 0 aliphatic heterocycles. The van der Waals surface area contributed by atoms with E-state index >= 15 is 0 Å². The van der Waals surface area contributed by atoms with Gasteiger partial charge in [-0.3, -0.25) is 4.74 Å². The molecule has 1 nitrogen and oxygen atoms in total. The lowest BCUT2D eigenvalue weighted by Crippen LogP contribution is -2.27. The molecule has 1 aromatic carbocycles. The Balaban J connectivity index is 1.45. The van der Waals surface area contributed by atoms with E-state index in [-0.39, 0.29) is 5.92 Å². The predicted octanol–water partition coefficient (Wildman–Crippen LogP) is 7.37. The van der Waals surface area contributed by atoms with Crippen molar-refractivity contribution in [3.63, 3.8) is 0 Å². The zero-order valence-electron chi connectivity index (χ0n) is 17.0. The largest absolute Gasteiger partial charge is 0.522 e. The molecule has 3 rings (SSSR count). The number of allylic oxidation sites excluding steroid dienone is 1. The van der Waals surface area contributed by atoms with Gasteiger partial charge in [0.25, 0.3) is 0 Å². The van der Waals surface area contributed by atoms with Crippen LogP contribution in [0.25, 0.3) is 0 Å². The third-order valence-corrected chi connectivity index (χ3v) is 6.40. The summed E-state index contributed by atoms with van der Waals surface area (Å²) in [7, 11) is 0. The second-order valence-electron chi connectivity index (χ2n) is 8.51. The van der Waals surface area contributed by atoms with Gasteiger partial charge in [-0.05, 0) is 93.7 Å². The fraction of sp³-hybridized carbons (Fsp3) is 0.600. The molecule has 1 aromatic rings. The third-order valence-electron chi connectivity index (χ3n) is 6.40. The first-order valence-corrected chi connectivity index (χ1v) is 10.9. The molecule has 29 heavy (non-hydrogen) atoms. The van der Waals surface area contributed by atoms with Crippen LogP contribution < -0.4 is 0 Å². The van der Waals surface area contributed by atoms with Crippen molar-refractivity contribution in [1.29, 1.82) is 0 Å². The number of halogens is 3. The number of benzene rings is 1. The van der Waals surface area contributed by atoms with E-state index in [4.69, 9.17) is 0 Å². The van der Waals surface area contributed by atoms with Crippen LogP contribution in [0.5, 0.6) is 0 Å². The zero-order valence-corrected chi connectivity index (χ0v) is 17.0. The first-order valence-electron chi connectivity index (χ1n) is 10.9. The van der Waals surface area contributed by atoms with E-state index in [0.717, 1.165) is 17.9 Å². The average Bonchev–Trinajstić information content (AvgIpc) is 2.71. The quantitative estimate of drug-likeness (QED) is 0.368. The van der Waals surface area contributed by atoms with Gasteiger partial charge >= 0.3 is 6.36 Å². The first kappa shape index (κ1) is 22.0. The molecule has 4 heteroatoms. The molecule has 2 saturated carbocycles. The summed E-state index contributed by atoms with van der Waals surface area (Å²) in [6, 6.07) is 8.58. The van der Waals surface area contributed by atoms with Crippen LogP contribution in [-0.4, -0.2) is 12.5 Å². The van der Waals surface area contributed by atoms with Gasteiger partial charge in [-0.15, -0.1) is 19.8 Å². The molecule has 158 valence electrons. The molecule has 2 aliphatic rings. The zero-order chi connectivity index (χ0) is 20.7. The summed E-state index contributed by atoms with van der Waals surface area (Å²) in [5.74, 6) is 8.13. The molecule has 2 aliphatic carbocycles. The average molecular weight is 405 g/mol. The van der Waals surface area contributed by atoms with E-state index in [9.17, 15) is 13.2 Å². The number of rotatable bonds is 5. The standard InChI is InChI=1S/C25H31F3O/c1-2-3-4-19-7-13-22(14-8-19)23-15-9-20(10-16-23)5-6-21-11-17-24(18-12-21)29-25(26,27)28/h2,9-10,15-16,19,21-22,24H,1,3-4,7-8,11-14,17-18H2. The van der Waals surface area contributed by atoms with Gasteiger partial charge in [0.2, 0.25) is 0 Å². The highest BCUT2D eigenvalue weighted by atomic mass is 19.4. The molecule has 2 fully saturated rings. The van der Waals surface area contributed by atoms with Crippen LogP contribution in [0.1, 0.15) is 81.3 Å². The summed E-state index contributed by atoms with van der Waals surface area (Å²) >= 11 is 0. The Morgan fingerprint density at radius 2 is 1.62 bits per heavy atom. The number of hydrogen-bond acceptors (Lipinski definition) is 1. The Morgan fingerprint density at radius 3 is 2.21 bits per heavy atom. The highest BCUT2D eigenvalue weighted by molar-refractivity contribution is 5.37. The van der Waals surface area contributed by atoms with Crippen molar-refractivity contribution < 1.29 is 17.9 Å². The molecule has 0 radical (unpaired) electrons. The lowest BCUT2D eigenvalue weighted by molar-refractivity contribution is -0.345. The van der Waals surface area contributed by atoms with Crippen molar-refractivity contribution >= 4 is 0 Å². The van der Waals surface area contributed by atoms with E-state index in [1.165, 1.54) is 37.7 Å². The Morgan fingerprint density at radius 1 is 0.966 bits per heavy atom. The van der Waals surface area contributed by atoms with Crippen LogP contribution >= 0.6 is 0 Å². The maximum atomic E-state index is 12.3. The number of ether oxygens (including phenoxy) is 1. The molecule has 0 saturated heterocycles. The maximum Gasteiger partial charge on any atom is 0.522 e. The van der Waals surface area contributed by atoms with Crippen LogP contribution in [0.2, 0.25) is 0 Å². The highest BCUT2D eigenvalue weighted by Gasteiger charge is 2.35. The topological polar surface area (TPSA) is 9.23 Å². The SMILES string of the molecule is C=CCCC1CCC(c2ccc(C#CC3CCC(OC(F)(F)F)CC3)cc2)CC1. The van der Waals surface area contributed by atoms with E-state index in [1.807, 2.05) is 6.08 Å². The molecule has 0 atom stereocenters. The molecule has 0 spiro atoms. The normalized spacial score (nSPS) is 27.7. The molecular formula is C25H31F3O. The molecular weight excluding hydrogens is 373 g/mol. The Hall–Kier alpha value is -1.73. The van der Waals surface area contributed by atoms with Crippen LogP contribution in [-0.2, 0) is 4.74 Å². The van der Waals surface area contributed by atoms with Gasteiger partial charge in [0, 0.05) is 11.5 Å². The van der Waals surface area contributed by atoms with Gasteiger partial charge in [-0.1, -0.05) is 30.0 Å². The van der Waals surface area contributed by atoms with Crippen molar-refractivity contribution in [2.45, 2.75) is 82.6 Å². The van der Waals surface area contributed by atoms with Gasteiger partial charge in [-0.25, -0.2) is 0 Å². The fourth-order valence-electron chi connectivity index (χ4n) is 4.68. The number of hydrogen-bond donors (Lipinski definition) is 0. The summed E-state index contributed by atoms with van der Waals surface area (Å²) in [4.78, 5) is 0. The van der Waals surface area contributed by atoms with Crippen LogP contribution in [0.15, 0.2) is 36.9 Å². The summed E-state index contributed by atoms with van der Waals surface area (Å²) < 4.78 is 41.0. The summed E-state index contributed by atoms with van der Waals surface area (Å²) in [5.41, 5.74) is 2.39. The second kappa shape index (κ2) is 10.3. The van der Waals surface area contributed by atoms with Gasteiger partial charge in [-0.2, -0.15) is 0 Å². The molecule has 0 amide bonds. The minimum atomic E-state index is -4.53. The van der Waals surface area contributed by atoms with Crippen LogP contribution in [0, 0.1) is 23.7 Å². The second-order valence-corrected chi connectivity index (χ2v) is 8.51. The Kier molecular flexibility index (Phi) is 7.84. The van der Waals surface area contributed by atoms with E-state index in [2.05, 4.69) is 47.4 Å². The van der Waals surface area contributed by atoms with Gasteiger partial charge < -0.3 is 0 Å². The van der Waals surface area contributed by atoms with Gasteiger partial charge in [0.1, 0.15) is 0 Å². The lowest BCUT2D eigenvalue weighted by Gasteiger charge is -2.28. The van der Waals surface area contributed by atoms with E-state index in [1.54, 1.807) is 0 Å². The fourth-order valence-corrected chi connectivity index (χ4v) is 4.68. The van der Waals surface area contributed by atoms with Crippen molar-refractivity contribution in [2.24, 2.45) is 11.8 Å². The van der Waals surface area contributed by atoms with Crippen molar-refractivity contribution in [3.05, 3.63) is 48.0 Å². The minimum absolute atomic E-state index is 0.161. The maximum absolute atomic E-state index is 12.3. The van der Waals surface area contributed by atoms with Crippen molar-refractivity contribution in [3.8, 4) is 11.8 Å². The minimum Gasteiger partial charge on any atom is -0.289 e. The Labute approximate surface area is 172 Å². The molecule has 0 heterocycles. The van der Waals surface area contributed by atoms with E-state index in [0.29, 0.717) is 31.6 Å². The molecule has 0 aromatic heterocycles. The summed E-state index contributed by atoms with van der Waals surface area (Å²) in [5, 5.41) is 0. The lowest BCUT2D eigenvalue weighted by atomic mass is 9.77. The first-order chi connectivity index (χ1) is 13.9. The Bertz CT molecular complexity index is 694. The van der Waals surface area contributed by atoms with Crippen molar-refractivity contribution in [1.82, 2.24) is 0 Å². The van der Waals surface area contributed by atoms with Gasteiger partial charge in [0.05, 0.1) is 6.10 Å². The van der Waals surface area contributed by atoms with Gasteiger partial charge in [0.15, 0.2) is 0 Å². The van der Waals surface area contributed by atoms with Crippen LogP contribution in [0.4, 0.5) is 13.2 Å². The highest BCUT2D eigenvalue weighted by Crippen LogP contribution is 2.37. The predicted molar refractivity (Wildman–Crippen MR) is 110 cm³/mol. The molecule has 0 unspecified atom stereocenters. The molecule has 0 bridgehead atoms. The van der Waals surface area contributed by atoms with Crippen molar-refractivity contribution in [2.75, 3.05) is 0 Å². The smallest absolute Gasteiger partial charge is 0.289 e. The summed E-state index contributed by atoms with van der Waals surface area (Å²) in [6.07, 6.45) is 6.49. The third kappa shape index (κ3) is 7.23. The molecule has 0 N–H and O–H groups in total.